The van der Waals surface area contributed by atoms with E-state index in [0.717, 1.165) is 5.69 Å². The monoisotopic (exact) mass is 273 g/mol. The molecule has 0 aromatic carbocycles. The second-order valence-electron chi connectivity index (χ2n) is 5.18. The Morgan fingerprint density at radius 2 is 1.74 bits per heavy atom. The summed E-state index contributed by atoms with van der Waals surface area (Å²) in [6.07, 6.45) is -2.58. The third-order valence-electron chi connectivity index (χ3n) is 3.51. The second-order valence-corrected chi connectivity index (χ2v) is 5.18. The molecule has 0 atom stereocenters. The van der Waals surface area contributed by atoms with E-state index >= 15 is 0 Å². The Bertz CT molecular complexity index is 417. The molecule has 0 bridgehead atoms. The predicted octanol–water partition coefficient (Wildman–Crippen LogP) is 3.63. The number of nitrogens with one attached hydrogen (secondary N) is 1. The molecule has 0 aliphatic heterocycles. The van der Waals surface area contributed by atoms with Crippen molar-refractivity contribution in [2.75, 3.05) is 5.32 Å². The average molecular weight is 273 g/mol. The highest BCUT2D eigenvalue weighted by Crippen LogP contribution is 2.38. The average Bonchev–Trinajstić information content (AvgIpc) is 2.26. The van der Waals surface area contributed by atoms with Gasteiger partial charge in [0.05, 0.1) is 5.92 Å². The van der Waals surface area contributed by atoms with Crippen molar-refractivity contribution in [3.8, 4) is 0 Å². The van der Waals surface area contributed by atoms with E-state index in [9.17, 15) is 13.2 Å². The largest absolute Gasteiger partial charge is 0.391 e. The maximum atomic E-state index is 12.6. The summed E-state index contributed by atoms with van der Waals surface area (Å²) in [4.78, 5) is 8.42. The number of hydrogen-bond donors (Lipinski definition) is 1. The van der Waals surface area contributed by atoms with Crippen LogP contribution in [0.5, 0.6) is 0 Å². The number of nitrogens with zero attached hydrogens (tertiary/aromatic N) is 2. The fraction of sp³-hybridized carbons (Fsp3) is 0.692. The molecule has 0 spiro atoms. The van der Waals surface area contributed by atoms with Crippen molar-refractivity contribution in [2.45, 2.75) is 51.7 Å². The summed E-state index contributed by atoms with van der Waals surface area (Å²) in [5, 5.41) is 3.22. The van der Waals surface area contributed by atoms with E-state index < -0.39 is 12.1 Å². The fourth-order valence-electron chi connectivity index (χ4n) is 2.57. The van der Waals surface area contributed by atoms with E-state index in [1.807, 2.05) is 13.0 Å². The SMILES string of the molecule is Cc1cc(NC2CCC(C(F)(F)F)CC2)nc(C)n1. The number of hydrogen-bond acceptors (Lipinski definition) is 3. The minimum atomic E-state index is -4.05. The number of alkyl halides is 3. The van der Waals surface area contributed by atoms with Gasteiger partial charge in [-0.15, -0.1) is 0 Å². The van der Waals surface area contributed by atoms with Gasteiger partial charge in [-0.25, -0.2) is 9.97 Å². The predicted molar refractivity (Wildman–Crippen MR) is 66.9 cm³/mol. The summed E-state index contributed by atoms with van der Waals surface area (Å²) >= 11 is 0. The van der Waals surface area contributed by atoms with E-state index in [2.05, 4.69) is 15.3 Å². The molecule has 1 aliphatic carbocycles. The van der Waals surface area contributed by atoms with E-state index in [-0.39, 0.29) is 18.9 Å². The lowest BCUT2D eigenvalue weighted by Crippen LogP contribution is -2.33. The highest BCUT2D eigenvalue weighted by Gasteiger charge is 2.41. The summed E-state index contributed by atoms with van der Waals surface area (Å²) in [7, 11) is 0. The van der Waals surface area contributed by atoms with Crippen LogP contribution in [0.25, 0.3) is 0 Å². The van der Waals surface area contributed by atoms with E-state index in [4.69, 9.17) is 0 Å². The van der Waals surface area contributed by atoms with E-state index in [1.54, 1.807) is 6.92 Å². The van der Waals surface area contributed by atoms with Gasteiger partial charge in [0.1, 0.15) is 11.6 Å². The van der Waals surface area contributed by atoms with E-state index in [0.29, 0.717) is 24.5 Å². The molecule has 19 heavy (non-hydrogen) atoms. The minimum Gasteiger partial charge on any atom is -0.367 e. The van der Waals surface area contributed by atoms with Crippen LogP contribution >= 0.6 is 0 Å². The molecule has 1 fully saturated rings. The molecule has 0 saturated heterocycles. The number of rotatable bonds is 2. The lowest BCUT2D eigenvalue weighted by molar-refractivity contribution is -0.182. The van der Waals surface area contributed by atoms with Gasteiger partial charge in [0.25, 0.3) is 0 Å². The van der Waals surface area contributed by atoms with Crippen LogP contribution in [0.2, 0.25) is 0 Å². The van der Waals surface area contributed by atoms with E-state index in [1.165, 1.54) is 0 Å². The van der Waals surface area contributed by atoms with Crippen LogP contribution in [0.4, 0.5) is 19.0 Å². The maximum absolute atomic E-state index is 12.6. The Balaban J connectivity index is 1.92. The molecule has 0 amide bonds. The minimum absolute atomic E-state index is 0.0762. The Kier molecular flexibility index (Phi) is 3.96. The summed E-state index contributed by atoms with van der Waals surface area (Å²) in [6, 6.07) is 1.90. The molecule has 106 valence electrons. The van der Waals surface area contributed by atoms with Gasteiger partial charge in [-0.3, -0.25) is 0 Å². The fourth-order valence-corrected chi connectivity index (χ4v) is 2.57. The summed E-state index contributed by atoms with van der Waals surface area (Å²) in [5.74, 6) is 0.242. The van der Waals surface area contributed by atoms with Crippen molar-refractivity contribution in [1.82, 2.24) is 9.97 Å². The third kappa shape index (κ3) is 3.81. The van der Waals surface area contributed by atoms with Crippen LogP contribution in [0, 0.1) is 19.8 Å². The molecule has 1 aliphatic rings. The van der Waals surface area contributed by atoms with Crippen LogP contribution < -0.4 is 5.32 Å². The first-order valence-electron chi connectivity index (χ1n) is 6.50. The number of anilines is 1. The van der Waals surface area contributed by atoms with Gasteiger partial charge in [-0.1, -0.05) is 0 Å². The van der Waals surface area contributed by atoms with Crippen LogP contribution in [-0.2, 0) is 0 Å². The van der Waals surface area contributed by atoms with Crippen LogP contribution in [0.15, 0.2) is 6.07 Å². The molecule has 0 radical (unpaired) electrons. The second kappa shape index (κ2) is 5.35. The van der Waals surface area contributed by atoms with Gasteiger partial charge in [0.15, 0.2) is 0 Å². The first-order valence-corrected chi connectivity index (χ1v) is 6.50. The first-order chi connectivity index (χ1) is 8.84. The smallest absolute Gasteiger partial charge is 0.367 e. The Labute approximate surface area is 110 Å². The van der Waals surface area contributed by atoms with Crippen molar-refractivity contribution in [3.63, 3.8) is 0 Å². The van der Waals surface area contributed by atoms with Crippen molar-refractivity contribution >= 4 is 5.82 Å². The maximum Gasteiger partial charge on any atom is 0.391 e. The molecular formula is C13H18F3N3. The molecule has 3 nitrogen and oxygen atoms in total. The quantitative estimate of drug-likeness (QED) is 0.894. The molecular weight excluding hydrogens is 255 g/mol. The summed E-state index contributed by atoms with van der Waals surface area (Å²) in [5.41, 5.74) is 0.860. The number of halogens is 3. The summed E-state index contributed by atoms with van der Waals surface area (Å²) in [6.45, 7) is 3.68. The van der Waals surface area contributed by atoms with Crippen molar-refractivity contribution in [3.05, 3.63) is 17.6 Å². The molecule has 2 rings (SSSR count). The van der Waals surface area contributed by atoms with Gasteiger partial charge in [-0.2, -0.15) is 13.2 Å². The van der Waals surface area contributed by atoms with Crippen molar-refractivity contribution in [1.29, 1.82) is 0 Å². The van der Waals surface area contributed by atoms with Gasteiger partial charge in [0.2, 0.25) is 0 Å². The number of aryl methyl sites for hydroxylation is 2. The normalized spacial score (nSPS) is 24.3. The Hall–Kier alpha value is -1.33. The lowest BCUT2D eigenvalue weighted by atomic mass is 9.85. The molecule has 1 N–H and O–H groups in total. The Morgan fingerprint density at radius 3 is 2.26 bits per heavy atom. The molecule has 1 aromatic heterocycles. The van der Waals surface area contributed by atoms with Gasteiger partial charge >= 0.3 is 6.18 Å². The van der Waals surface area contributed by atoms with Crippen molar-refractivity contribution in [2.24, 2.45) is 5.92 Å². The zero-order chi connectivity index (χ0) is 14.0. The molecule has 1 heterocycles. The standard InChI is InChI=1S/C13H18F3N3/c1-8-7-12(18-9(2)17-8)19-11-5-3-10(4-6-11)13(14,15)16/h7,10-11H,3-6H2,1-2H3,(H,17,18,19). The first kappa shape index (κ1) is 14.1. The summed E-state index contributed by atoms with van der Waals surface area (Å²) < 4.78 is 37.7. The van der Waals surface area contributed by atoms with Gasteiger partial charge in [-0.05, 0) is 39.5 Å². The lowest BCUT2D eigenvalue weighted by Gasteiger charge is -2.30. The van der Waals surface area contributed by atoms with Gasteiger partial charge in [0, 0.05) is 17.8 Å². The van der Waals surface area contributed by atoms with Crippen LogP contribution in [0.3, 0.4) is 0 Å². The third-order valence-corrected chi connectivity index (χ3v) is 3.51. The Morgan fingerprint density at radius 1 is 1.11 bits per heavy atom. The zero-order valence-electron chi connectivity index (χ0n) is 11.1. The van der Waals surface area contributed by atoms with Gasteiger partial charge < -0.3 is 5.32 Å². The zero-order valence-corrected chi connectivity index (χ0v) is 11.1. The molecule has 1 aromatic rings. The van der Waals surface area contributed by atoms with Crippen molar-refractivity contribution < 1.29 is 13.2 Å². The highest BCUT2D eigenvalue weighted by atomic mass is 19.4. The topological polar surface area (TPSA) is 37.8 Å². The highest BCUT2D eigenvalue weighted by molar-refractivity contribution is 5.36. The molecule has 6 heteroatoms. The molecule has 0 unspecified atom stereocenters. The van der Waals surface area contributed by atoms with Crippen LogP contribution in [-0.4, -0.2) is 22.2 Å². The number of aromatic nitrogens is 2. The van der Waals surface area contributed by atoms with Crippen LogP contribution in [0.1, 0.15) is 37.2 Å². The molecule has 1 saturated carbocycles.